The monoisotopic (exact) mass is 546 g/mol. The van der Waals surface area contributed by atoms with Crippen LogP contribution in [0.4, 0.5) is 0 Å². The second-order valence-corrected chi connectivity index (χ2v) is 17.0. The third-order valence-electron chi connectivity index (χ3n) is 8.10. The molecule has 0 amide bonds. The average Bonchev–Trinajstić information content (AvgIpc) is 2.52. The van der Waals surface area contributed by atoms with Crippen LogP contribution < -0.4 is 29.3 Å². The second kappa shape index (κ2) is 9.65. The summed E-state index contributed by atoms with van der Waals surface area (Å²) in [5.74, 6) is 0. The van der Waals surface area contributed by atoms with Crippen molar-refractivity contribution in [2.24, 2.45) is 21.7 Å². The number of rotatable bonds is 5. The van der Waals surface area contributed by atoms with Crippen molar-refractivity contribution in [3.05, 3.63) is 30.3 Å². The highest BCUT2D eigenvalue weighted by Gasteiger charge is 2.47. The van der Waals surface area contributed by atoms with Crippen LogP contribution in [0, 0.1) is 21.7 Å². The third-order valence-corrected chi connectivity index (χ3v) is 11.7. The van der Waals surface area contributed by atoms with Crippen LogP contribution in [0.15, 0.2) is 30.3 Å². The van der Waals surface area contributed by atoms with E-state index in [1.165, 1.54) is 12.6 Å². The Hall–Kier alpha value is 0.300. The van der Waals surface area contributed by atoms with Crippen LogP contribution in [0.5, 0.6) is 0 Å². The van der Waals surface area contributed by atoms with Crippen LogP contribution in [-0.4, -0.2) is 48.8 Å². The van der Waals surface area contributed by atoms with Gasteiger partial charge in [-0.15, -0.1) is 0 Å². The maximum absolute atomic E-state index is 2.77. The van der Waals surface area contributed by atoms with E-state index >= 15 is 0 Å². The molecule has 0 aliphatic carbocycles. The summed E-state index contributed by atoms with van der Waals surface area (Å²) >= 11 is 0. The first kappa shape index (κ1) is 28.3. The Morgan fingerprint density at radius 3 is 1.40 bits per heavy atom. The molecule has 1 heterocycles. The molecule has 0 radical (unpaired) electrons. The molecule has 1 aromatic carbocycles. The molecule has 4 heteroatoms. The lowest BCUT2D eigenvalue weighted by molar-refractivity contribution is -0.00000778. The van der Waals surface area contributed by atoms with Gasteiger partial charge in [0.1, 0.15) is 12.6 Å². The van der Waals surface area contributed by atoms with Gasteiger partial charge in [-0.2, -0.15) is 0 Å². The van der Waals surface area contributed by atoms with Gasteiger partial charge >= 0.3 is 0 Å². The van der Waals surface area contributed by atoms with Crippen molar-refractivity contribution in [1.82, 2.24) is 9.80 Å². The summed E-state index contributed by atoms with van der Waals surface area (Å²) < 4.78 is 0. The quantitative estimate of drug-likeness (QED) is 0.412. The van der Waals surface area contributed by atoms with Gasteiger partial charge in [-0.25, -0.2) is 0 Å². The van der Waals surface area contributed by atoms with E-state index < -0.39 is 7.26 Å². The predicted octanol–water partition coefficient (Wildman–Crippen LogP) is 3.60. The molecule has 1 saturated heterocycles. The fraction of sp³-hybridized carbons (Fsp3) is 0.769. The molecule has 174 valence electrons. The Morgan fingerprint density at radius 1 is 0.700 bits per heavy atom. The van der Waals surface area contributed by atoms with Crippen molar-refractivity contribution in [2.45, 2.75) is 69.2 Å². The van der Waals surface area contributed by atoms with Crippen molar-refractivity contribution in [1.29, 1.82) is 0 Å². The Morgan fingerprint density at radius 2 is 1.07 bits per heavy atom. The van der Waals surface area contributed by atoms with Crippen molar-refractivity contribution < 1.29 is 24.0 Å². The van der Waals surface area contributed by atoms with Crippen LogP contribution in [0.2, 0.25) is 0 Å². The Labute approximate surface area is 205 Å². The number of nitrogens with zero attached hydrogens (tertiary/aromatic N) is 2. The summed E-state index contributed by atoms with van der Waals surface area (Å²) in [4.78, 5) is 5.54. The van der Waals surface area contributed by atoms with Crippen LogP contribution in [0.1, 0.15) is 69.2 Å². The van der Waals surface area contributed by atoms with Gasteiger partial charge in [-0.3, -0.25) is 9.80 Å². The lowest BCUT2D eigenvalue weighted by Crippen LogP contribution is -3.00. The Balaban J connectivity index is 0.00000450. The molecule has 1 fully saturated rings. The van der Waals surface area contributed by atoms with Crippen molar-refractivity contribution in [3.8, 4) is 0 Å². The molecule has 0 saturated carbocycles. The molecular formula is C26H48IN2P. The SMILES string of the molecule is CC(C)(C)C(C)(C)CN1CN(CC(C)(C)C(C)(C)C)C[P+](C)(c2ccccc2)C1.[I-]. The van der Waals surface area contributed by atoms with Crippen LogP contribution in [0.25, 0.3) is 0 Å². The predicted molar refractivity (Wildman–Crippen MR) is 133 cm³/mol. The van der Waals surface area contributed by atoms with Gasteiger partial charge in [0.2, 0.25) is 0 Å². The topological polar surface area (TPSA) is 6.48 Å². The first-order valence-corrected chi connectivity index (χ1v) is 13.9. The van der Waals surface area contributed by atoms with E-state index in [0.29, 0.717) is 10.8 Å². The molecule has 0 unspecified atom stereocenters. The molecule has 0 atom stereocenters. The zero-order valence-electron chi connectivity index (χ0n) is 21.6. The molecule has 1 aliphatic heterocycles. The van der Waals surface area contributed by atoms with E-state index in [2.05, 4.69) is 116 Å². The highest BCUT2D eigenvalue weighted by atomic mass is 127. The molecule has 2 rings (SSSR count). The van der Waals surface area contributed by atoms with Gasteiger partial charge in [0.25, 0.3) is 0 Å². The van der Waals surface area contributed by atoms with Gasteiger partial charge in [0.05, 0.1) is 25.9 Å². The van der Waals surface area contributed by atoms with E-state index in [1.807, 2.05) is 0 Å². The normalized spacial score (nSPS) is 19.4. The molecule has 2 nitrogen and oxygen atoms in total. The zero-order chi connectivity index (χ0) is 22.3. The zero-order valence-corrected chi connectivity index (χ0v) is 24.7. The van der Waals surface area contributed by atoms with E-state index in [9.17, 15) is 0 Å². The minimum absolute atomic E-state index is 0. The first-order chi connectivity index (χ1) is 13.0. The number of halogens is 1. The highest BCUT2D eigenvalue weighted by molar-refractivity contribution is 7.82. The van der Waals surface area contributed by atoms with Gasteiger partial charge in [0, 0.05) is 13.1 Å². The summed E-state index contributed by atoms with van der Waals surface area (Å²) in [5, 5.41) is 1.58. The molecule has 1 aliphatic rings. The molecular weight excluding hydrogens is 498 g/mol. The molecule has 30 heavy (non-hydrogen) atoms. The van der Waals surface area contributed by atoms with Gasteiger partial charge < -0.3 is 24.0 Å². The third kappa shape index (κ3) is 6.65. The molecule has 1 aromatic rings. The molecule has 0 spiro atoms. The summed E-state index contributed by atoms with van der Waals surface area (Å²) in [6.45, 7) is 30.1. The average molecular weight is 547 g/mol. The highest BCUT2D eigenvalue weighted by Crippen LogP contribution is 2.58. The number of benzene rings is 1. The Kier molecular flexibility index (Phi) is 9.12. The van der Waals surface area contributed by atoms with Crippen molar-refractivity contribution in [2.75, 3.05) is 39.0 Å². The minimum Gasteiger partial charge on any atom is -1.00 e. The van der Waals surface area contributed by atoms with Gasteiger partial charge in [-0.05, 0) is 33.8 Å². The molecule has 0 N–H and O–H groups in total. The number of hydrogen-bond acceptors (Lipinski definition) is 2. The summed E-state index contributed by atoms with van der Waals surface area (Å²) in [5.41, 5.74) is 1.14. The van der Waals surface area contributed by atoms with Crippen molar-refractivity contribution in [3.63, 3.8) is 0 Å². The molecule has 0 aromatic heterocycles. The van der Waals surface area contributed by atoms with Gasteiger partial charge in [0.15, 0.2) is 0 Å². The van der Waals surface area contributed by atoms with Crippen LogP contribution >= 0.6 is 7.26 Å². The fourth-order valence-electron chi connectivity index (χ4n) is 4.04. The maximum Gasteiger partial charge on any atom is 0.118 e. The lowest BCUT2D eigenvalue weighted by atomic mass is 9.69. The second-order valence-electron chi connectivity index (χ2n) is 13.1. The van der Waals surface area contributed by atoms with Crippen LogP contribution in [0.3, 0.4) is 0 Å². The van der Waals surface area contributed by atoms with Gasteiger partial charge in [-0.1, -0.05) is 87.4 Å². The van der Waals surface area contributed by atoms with E-state index in [4.69, 9.17) is 0 Å². The van der Waals surface area contributed by atoms with Crippen molar-refractivity contribution >= 4 is 12.6 Å². The smallest absolute Gasteiger partial charge is 0.118 e. The van der Waals surface area contributed by atoms with Crippen LogP contribution in [-0.2, 0) is 0 Å². The Bertz CT molecular complexity index is 635. The summed E-state index contributed by atoms with van der Waals surface area (Å²) in [6.07, 6.45) is 2.48. The largest absolute Gasteiger partial charge is 1.00 e. The fourth-order valence-corrected chi connectivity index (χ4v) is 7.50. The number of hydrogen-bond donors (Lipinski definition) is 0. The van der Waals surface area contributed by atoms with E-state index in [-0.39, 0.29) is 34.8 Å². The van der Waals surface area contributed by atoms with E-state index in [1.54, 1.807) is 5.30 Å². The van der Waals surface area contributed by atoms with E-state index in [0.717, 1.165) is 19.8 Å². The summed E-state index contributed by atoms with van der Waals surface area (Å²) in [7, 11) is -1.25. The lowest BCUT2D eigenvalue weighted by Gasteiger charge is -2.50. The summed E-state index contributed by atoms with van der Waals surface area (Å²) in [6, 6.07) is 11.4. The maximum atomic E-state index is 2.77. The first-order valence-electron chi connectivity index (χ1n) is 11.3. The minimum atomic E-state index is -1.25. The standard InChI is InChI=1S/C26H48N2P.HI/c1-23(2,3)25(7,8)17-27-19-28(18-26(9,10)24(4,5)6)21-29(11,20-27)22-15-13-12-14-16-22;/h12-16H,17-21H2,1-11H3;1H/q+1;/p-1. The molecule has 0 bridgehead atoms.